The molecule has 3 nitrogen and oxygen atoms in total. The first-order chi connectivity index (χ1) is 6.77. The summed E-state index contributed by atoms with van der Waals surface area (Å²) in [7, 11) is -0.973. The summed E-state index contributed by atoms with van der Waals surface area (Å²) in [5.74, 6) is 0. The molecule has 0 spiro atoms. The molecule has 15 heavy (non-hydrogen) atoms. The maximum Gasteiger partial charge on any atom is 0.128 e. The van der Waals surface area contributed by atoms with Gasteiger partial charge in [0.15, 0.2) is 0 Å². The third-order valence-corrected chi connectivity index (χ3v) is 4.30. The van der Waals surface area contributed by atoms with Crippen LogP contribution in [0.15, 0.2) is 27.8 Å². The molecule has 1 N–H and O–H groups in total. The summed E-state index contributed by atoms with van der Waals surface area (Å²) in [6.07, 6.45) is 0.973. The van der Waals surface area contributed by atoms with E-state index in [1.54, 1.807) is 0 Å². The van der Waals surface area contributed by atoms with Gasteiger partial charge in [-0.2, -0.15) is 0 Å². The highest BCUT2D eigenvalue weighted by Crippen LogP contribution is 2.16. The molecule has 1 aliphatic rings. The van der Waals surface area contributed by atoms with Crippen LogP contribution in [0.4, 0.5) is 0 Å². The molecule has 2 atom stereocenters. The van der Waals surface area contributed by atoms with E-state index in [1.165, 1.54) is 0 Å². The maximum absolute atomic E-state index is 12.0. The Bertz CT molecular complexity index is 358. The topological polar surface area (TPSA) is 42.0 Å². The molecule has 1 saturated heterocycles. The highest BCUT2D eigenvalue weighted by Gasteiger charge is 2.23. The first-order valence-electron chi connectivity index (χ1n) is 4.51. The van der Waals surface area contributed by atoms with Crippen LogP contribution in [0.5, 0.6) is 0 Å². The van der Waals surface area contributed by atoms with Crippen molar-refractivity contribution in [3.05, 3.63) is 22.8 Å². The number of rotatable bonds is 2. The molecule has 84 valence electrons. The van der Waals surface area contributed by atoms with Crippen molar-refractivity contribution in [3.8, 4) is 0 Å². The molecule has 1 aliphatic heterocycles. The van der Waals surface area contributed by atoms with E-state index in [0.717, 1.165) is 24.1 Å². The van der Waals surface area contributed by atoms with Gasteiger partial charge in [0.1, 0.15) is 9.63 Å². The van der Waals surface area contributed by atoms with Gasteiger partial charge in [-0.15, -0.1) is 12.4 Å². The van der Waals surface area contributed by atoms with Gasteiger partial charge in [-0.05, 0) is 41.0 Å². The molecule has 0 saturated carbocycles. The van der Waals surface area contributed by atoms with E-state index >= 15 is 0 Å². The van der Waals surface area contributed by atoms with Crippen molar-refractivity contribution in [1.29, 1.82) is 0 Å². The van der Waals surface area contributed by atoms with Gasteiger partial charge < -0.3 is 5.32 Å². The highest BCUT2D eigenvalue weighted by molar-refractivity contribution is 9.10. The molecular formula is C9H12BrClN2OS. The van der Waals surface area contributed by atoms with E-state index in [1.807, 2.05) is 18.2 Å². The van der Waals surface area contributed by atoms with E-state index in [0.29, 0.717) is 5.03 Å². The highest BCUT2D eigenvalue weighted by atomic mass is 79.9. The summed E-state index contributed by atoms with van der Waals surface area (Å²) in [6, 6.07) is 5.53. The number of pyridine rings is 1. The van der Waals surface area contributed by atoms with Crippen LogP contribution in [-0.4, -0.2) is 27.5 Å². The summed E-state index contributed by atoms with van der Waals surface area (Å²) in [5.41, 5.74) is 0. The first-order valence-corrected chi connectivity index (χ1v) is 6.52. The van der Waals surface area contributed by atoms with Crippen LogP contribution in [0.2, 0.25) is 0 Å². The Morgan fingerprint density at radius 3 is 2.93 bits per heavy atom. The standard InChI is InChI=1S/C9H11BrN2OS.ClH/c10-8-2-1-3-9(12-8)14(13)7-4-5-11-6-7;/h1-3,7,11H,4-6H2;1H/t7-,14?;/m1./s1. The van der Waals surface area contributed by atoms with Gasteiger partial charge in [0.25, 0.3) is 0 Å². The molecule has 0 bridgehead atoms. The second-order valence-electron chi connectivity index (χ2n) is 3.21. The van der Waals surface area contributed by atoms with Crippen molar-refractivity contribution in [2.24, 2.45) is 0 Å². The van der Waals surface area contributed by atoms with E-state index in [4.69, 9.17) is 0 Å². The van der Waals surface area contributed by atoms with Gasteiger partial charge in [0.2, 0.25) is 0 Å². The lowest BCUT2D eigenvalue weighted by Gasteiger charge is -2.07. The predicted molar refractivity (Wildman–Crippen MR) is 66.9 cm³/mol. The number of hydrogen-bond acceptors (Lipinski definition) is 3. The van der Waals surface area contributed by atoms with Crippen molar-refractivity contribution < 1.29 is 4.21 Å². The summed E-state index contributed by atoms with van der Waals surface area (Å²) in [5, 5.41) is 4.10. The van der Waals surface area contributed by atoms with Crippen LogP contribution < -0.4 is 5.32 Å². The van der Waals surface area contributed by atoms with E-state index < -0.39 is 10.8 Å². The van der Waals surface area contributed by atoms with Crippen LogP contribution in [0.3, 0.4) is 0 Å². The molecule has 6 heteroatoms. The Morgan fingerprint density at radius 2 is 2.33 bits per heavy atom. The molecule has 0 amide bonds. The van der Waals surface area contributed by atoms with Gasteiger partial charge in [-0.3, -0.25) is 4.21 Å². The third kappa shape index (κ3) is 3.24. The van der Waals surface area contributed by atoms with Crippen molar-refractivity contribution >= 4 is 39.1 Å². The SMILES string of the molecule is Cl.O=S(c1cccc(Br)n1)[C@@H]1CCNC1. The normalized spacial score (nSPS) is 22.1. The maximum atomic E-state index is 12.0. The molecule has 0 aromatic carbocycles. The second kappa shape index (κ2) is 5.94. The van der Waals surface area contributed by atoms with Crippen LogP contribution >= 0.6 is 28.3 Å². The number of hydrogen-bond donors (Lipinski definition) is 1. The van der Waals surface area contributed by atoms with E-state index in [2.05, 4.69) is 26.2 Å². The summed E-state index contributed by atoms with van der Waals surface area (Å²) >= 11 is 3.28. The average molecular weight is 312 g/mol. The monoisotopic (exact) mass is 310 g/mol. The van der Waals surface area contributed by atoms with Crippen molar-refractivity contribution in [3.63, 3.8) is 0 Å². The van der Waals surface area contributed by atoms with Gasteiger partial charge >= 0.3 is 0 Å². The average Bonchev–Trinajstić information content (AvgIpc) is 2.69. The molecule has 1 aromatic rings. The zero-order valence-corrected chi connectivity index (χ0v) is 11.2. The number of halogens is 2. The number of nitrogens with one attached hydrogen (secondary N) is 1. The van der Waals surface area contributed by atoms with Crippen molar-refractivity contribution in [2.45, 2.75) is 16.7 Å². The van der Waals surface area contributed by atoms with E-state index in [9.17, 15) is 4.21 Å². The minimum absolute atomic E-state index is 0. The summed E-state index contributed by atoms with van der Waals surface area (Å²) in [4.78, 5) is 4.21. The molecule has 1 aromatic heterocycles. The molecule has 2 rings (SSSR count). The van der Waals surface area contributed by atoms with Gasteiger partial charge in [0.05, 0.1) is 16.0 Å². The van der Waals surface area contributed by atoms with Crippen LogP contribution in [0, 0.1) is 0 Å². The zero-order valence-electron chi connectivity index (χ0n) is 7.98. The Labute approximate surface area is 106 Å². The Kier molecular flexibility index (Phi) is 5.18. The van der Waals surface area contributed by atoms with Gasteiger partial charge in [-0.25, -0.2) is 4.98 Å². The second-order valence-corrected chi connectivity index (χ2v) is 5.70. The molecular weight excluding hydrogens is 300 g/mol. The molecule has 0 radical (unpaired) electrons. The first kappa shape index (κ1) is 13.1. The summed E-state index contributed by atoms with van der Waals surface area (Å²) < 4.78 is 12.7. The molecule has 0 aliphatic carbocycles. The van der Waals surface area contributed by atoms with Crippen molar-refractivity contribution in [1.82, 2.24) is 10.3 Å². The van der Waals surface area contributed by atoms with Gasteiger partial charge in [-0.1, -0.05) is 6.07 Å². The van der Waals surface area contributed by atoms with E-state index in [-0.39, 0.29) is 17.7 Å². The van der Waals surface area contributed by atoms with Crippen molar-refractivity contribution in [2.75, 3.05) is 13.1 Å². The Balaban J connectivity index is 0.00000112. The lowest BCUT2D eigenvalue weighted by atomic mass is 10.4. The fourth-order valence-electron chi connectivity index (χ4n) is 1.48. The Morgan fingerprint density at radius 1 is 1.53 bits per heavy atom. The Hall–Kier alpha value is 0.0300. The number of nitrogens with zero attached hydrogens (tertiary/aromatic N) is 1. The van der Waals surface area contributed by atoms with Crippen LogP contribution in [-0.2, 0) is 10.8 Å². The quantitative estimate of drug-likeness (QED) is 0.846. The largest absolute Gasteiger partial charge is 0.315 e. The lowest BCUT2D eigenvalue weighted by Crippen LogP contribution is -2.19. The number of aromatic nitrogens is 1. The van der Waals surface area contributed by atoms with Gasteiger partial charge in [0, 0.05) is 6.54 Å². The lowest BCUT2D eigenvalue weighted by molar-refractivity contribution is 0.669. The fraction of sp³-hybridized carbons (Fsp3) is 0.444. The molecule has 1 fully saturated rings. The minimum atomic E-state index is -0.973. The minimum Gasteiger partial charge on any atom is -0.315 e. The fourth-order valence-corrected chi connectivity index (χ4v) is 3.29. The smallest absolute Gasteiger partial charge is 0.128 e. The zero-order chi connectivity index (χ0) is 9.97. The third-order valence-electron chi connectivity index (χ3n) is 2.21. The molecule has 2 heterocycles. The van der Waals surface area contributed by atoms with Crippen LogP contribution in [0.25, 0.3) is 0 Å². The molecule has 1 unspecified atom stereocenters. The predicted octanol–water partition coefficient (Wildman–Crippen LogP) is 1.74. The van der Waals surface area contributed by atoms with Crippen LogP contribution in [0.1, 0.15) is 6.42 Å². The summed E-state index contributed by atoms with van der Waals surface area (Å²) in [6.45, 7) is 1.80.